The summed E-state index contributed by atoms with van der Waals surface area (Å²) in [6.45, 7) is 8.92. The lowest BCUT2D eigenvalue weighted by atomic mass is 10.1. The molecule has 92 valence electrons. The average Bonchev–Trinajstić information content (AvgIpc) is 2.01. The van der Waals surface area contributed by atoms with Crippen molar-refractivity contribution < 1.29 is 8.42 Å². The number of nitrogens with one attached hydrogen (secondary N) is 1. The molecule has 15 heavy (non-hydrogen) atoms. The molecule has 0 fully saturated rings. The summed E-state index contributed by atoms with van der Waals surface area (Å²) in [5.41, 5.74) is 0. The van der Waals surface area contributed by atoms with Crippen LogP contribution in [-0.2, 0) is 9.84 Å². The van der Waals surface area contributed by atoms with Gasteiger partial charge in [0, 0.05) is 18.3 Å². The van der Waals surface area contributed by atoms with Crippen molar-refractivity contribution in [2.75, 3.05) is 18.1 Å². The van der Waals surface area contributed by atoms with Crippen molar-refractivity contribution in [3.63, 3.8) is 0 Å². The molecule has 0 aromatic heterocycles. The summed E-state index contributed by atoms with van der Waals surface area (Å²) >= 11 is 0. The van der Waals surface area contributed by atoms with Crippen LogP contribution in [0.5, 0.6) is 0 Å². The summed E-state index contributed by atoms with van der Waals surface area (Å²) in [4.78, 5) is 0. The van der Waals surface area contributed by atoms with E-state index in [1.54, 1.807) is 0 Å². The van der Waals surface area contributed by atoms with Crippen LogP contribution in [0.2, 0.25) is 0 Å². The summed E-state index contributed by atoms with van der Waals surface area (Å²) in [6, 6.07) is 0.404. The Morgan fingerprint density at radius 3 is 2.20 bits per heavy atom. The van der Waals surface area contributed by atoms with Crippen LogP contribution in [0.25, 0.3) is 0 Å². The first-order chi connectivity index (χ1) is 6.87. The minimum absolute atomic E-state index is 0.267. The first-order valence-corrected chi connectivity index (χ1v) is 7.63. The summed E-state index contributed by atoms with van der Waals surface area (Å²) < 4.78 is 22.8. The van der Waals surface area contributed by atoms with Crippen LogP contribution in [0.4, 0.5) is 0 Å². The fourth-order valence-corrected chi connectivity index (χ4v) is 2.92. The van der Waals surface area contributed by atoms with E-state index in [0.29, 0.717) is 30.7 Å². The molecule has 0 heterocycles. The topological polar surface area (TPSA) is 46.2 Å². The van der Waals surface area contributed by atoms with Crippen LogP contribution < -0.4 is 5.32 Å². The third kappa shape index (κ3) is 8.88. The molecule has 3 nitrogen and oxygen atoms in total. The lowest BCUT2D eigenvalue weighted by Crippen LogP contribution is -2.32. The molecule has 4 heteroatoms. The maximum atomic E-state index is 11.4. The highest BCUT2D eigenvalue weighted by Crippen LogP contribution is 2.03. The molecule has 0 aromatic carbocycles. The van der Waals surface area contributed by atoms with Crippen molar-refractivity contribution in [1.82, 2.24) is 5.32 Å². The van der Waals surface area contributed by atoms with Crippen molar-refractivity contribution in [3.05, 3.63) is 0 Å². The second-order valence-electron chi connectivity index (χ2n) is 4.64. The molecule has 0 aliphatic heterocycles. The quantitative estimate of drug-likeness (QED) is 0.698. The Labute approximate surface area is 94.6 Å². The fraction of sp³-hybridized carbons (Fsp3) is 1.00. The molecule has 0 aliphatic rings. The maximum Gasteiger partial charge on any atom is 0.151 e. The van der Waals surface area contributed by atoms with E-state index in [0.717, 1.165) is 6.42 Å². The van der Waals surface area contributed by atoms with Gasteiger partial charge in [0.05, 0.1) is 5.75 Å². The van der Waals surface area contributed by atoms with Crippen molar-refractivity contribution in [1.29, 1.82) is 0 Å². The van der Waals surface area contributed by atoms with Gasteiger partial charge in [0.1, 0.15) is 0 Å². The predicted molar refractivity (Wildman–Crippen MR) is 65.9 cm³/mol. The lowest BCUT2D eigenvalue weighted by Gasteiger charge is -2.15. The zero-order valence-corrected chi connectivity index (χ0v) is 11.2. The first kappa shape index (κ1) is 14.9. The third-order valence-electron chi connectivity index (χ3n) is 2.25. The van der Waals surface area contributed by atoms with Gasteiger partial charge < -0.3 is 5.32 Å². The molecular weight excluding hydrogens is 210 g/mol. The molecule has 0 bridgehead atoms. The number of sulfone groups is 1. The van der Waals surface area contributed by atoms with Gasteiger partial charge in [-0.1, -0.05) is 20.8 Å². The van der Waals surface area contributed by atoms with Crippen LogP contribution in [0, 0.1) is 5.92 Å². The van der Waals surface area contributed by atoms with Crippen LogP contribution >= 0.6 is 0 Å². The highest BCUT2D eigenvalue weighted by atomic mass is 32.2. The zero-order valence-electron chi connectivity index (χ0n) is 10.4. The van der Waals surface area contributed by atoms with Gasteiger partial charge in [-0.2, -0.15) is 0 Å². The molecule has 0 radical (unpaired) electrons. The molecule has 0 aromatic rings. The van der Waals surface area contributed by atoms with Gasteiger partial charge in [0.15, 0.2) is 9.84 Å². The van der Waals surface area contributed by atoms with Gasteiger partial charge in [0.2, 0.25) is 0 Å². The molecule has 0 saturated carbocycles. The molecule has 0 rings (SSSR count). The zero-order chi connectivity index (χ0) is 11.9. The van der Waals surface area contributed by atoms with Gasteiger partial charge in [0.25, 0.3) is 0 Å². The van der Waals surface area contributed by atoms with Crippen LogP contribution in [0.3, 0.4) is 0 Å². The fourth-order valence-electron chi connectivity index (χ4n) is 1.66. The predicted octanol–water partition coefficient (Wildman–Crippen LogP) is 1.84. The minimum atomic E-state index is -2.82. The van der Waals surface area contributed by atoms with Gasteiger partial charge in [-0.15, -0.1) is 0 Å². The molecule has 0 saturated heterocycles. The van der Waals surface area contributed by atoms with E-state index in [1.807, 2.05) is 6.92 Å². The normalized spacial score (nSPS) is 14.5. The Kier molecular flexibility index (Phi) is 7.18. The molecule has 1 N–H and O–H groups in total. The SMILES string of the molecule is CCCS(=O)(=O)CCNC(C)CC(C)C. The Hall–Kier alpha value is -0.0900. The smallest absolute Gasteiger partial charge is 0.151 e. The standard InChI is InChI=1S/C11H25NO2S/c1-5-7-15(13,14)8-6-12-11(4)9-10(2)3/h10-12H,5-9H2,1-4H3. The molecule has 0 amide bonds. The van der Waals surface area contributed by atoms with Gasteiger partial charge >= 0.3 is 0 Å². The molecule has 1 atom stereocenters. The van der Waals surface area contributed by atoms with Crippen molar-refractivity contribution in [2.45, 2.75) is 46.6 Å². The van der Waals surface area contributed by atoms with E-state index < -0.39 is 9.84 Å². The summed E-state index contributed by atoms with van der Waals surface area (Å²) in [5.74, 6) is 1.23. The van der Waals surface area contributed by atoms with Crippen LogP contribution in [0.1, 0.15) is 40.5 Å². The van der Waals surface area contributed by atoms with E-state index in [4.69, 9.17) is 0 Å². The summed E-state index contributed by atoms with van der Waals surface area (Å²) in [6.07, 6.45) is 1.80. The third-order valence-corrected chi connectivity index (χ3v) is 4.10. The molecule has 1 unspecified atom stereocenters. The van der Waals surface area contributed by atoms with Crippen molar-refractivity contribution in [3.8, 4) is 0 Å². The van der Waals surface area contributed by atoms with Crippen LogP contribution in [0.15, 0.2) is 0 Å². The van der Waals surface area contributed by atoms with Gasteiger partial charge in [-0.3, -0.25) is 0 Å². The van der Waals surface area contributed by atoms with E-state index >= 15 is 0 Å². The molecular formula is C11H25NO2S. The summed E-state index contributed by atoms with van der Waals surface area (Å²) in [5, 5.41) is 3.25. The highest BCUT2D eigenvalue weighted by molar-refractivity contribution is 7.91. The second-order valence-corrected chi connectivity index (χ2v) is 6.94. The van der Waals surface area contributed by atoms with E-state index in [2.05, 4.69) is 26.1 Å². The average molecular weight is 235 g/mol. The van der Waals surface area contributed by atoms with Crippen LogP contribution in [-0.4, -0.2) is 32.5 Å². The largest absolute Gasteiger partial charge is 0.313 e. The van der Waals surface area contributed by atoms with E-state index in [1.165, 1.54) is 0 Å². The number of rotatable bonds is 8. The highest BCUT2D eigenvalue weighted by Gasteiger charge is 2.10. The first-order valence-electron chi connectivity index (χ1n) is 5.81. The monoisotopic (exact) mass is 235 g/mol. The second kappa shape index (κ2) is 7.23. The Balaban J connectivity index is 3.70. The lowest BCUT2D eigenvalue weighted by molar-refractivity contribution is 0.451. The van der Waals surface area contributed by atoms with Gasteiger partial charge in [-0.05, 0) is 25.7 Å². The Bertz CT molecular complexity index is 247. The summed E-state index contributed by atoms with van der Waals surface area (Å²) in [7, 11) is -2.82. The maximum absolute atomic E-state index is 11.4. The number of hydrogen-bond donors (Lipinski definition) is 1. The Morgan fingerprint density at radius 1 is 1.13 bits per heavy atom. The van der Waals surface area contributed by atoms with E-state index in [-0.39, 0.29) is 5.75 Å². The van der Waals surface area contributed by atoms with Crippen molar-refractivity contribution in [2.24, 2.45) is 5.92 Å². The van der Waals surface area contributed by atoms with E-state index in [9.17, 15) is 8.42 Å². The Morgan fingerprint density at radius 2 is 1.73 bits per heavy atom. The number of hydrogen-bond acceptors (Lipinski definition) is 3. The minimum Gasteiger partial charge on any atom is -0.313 e. The molecule has 0 aliphatic carbocycles. The molecule has 0 spiro atoms. The van der Waals surface area contributed by atoms with Crippen molar-refractivity contribution >= 4 is 9.84 Å². The van der Waals surface area contributed by atoms with Gasteiger partial charge in [-0.25, -0.2) is 8.42 Å².